The first-order valence-corrected chi connectivity index (χ1v) is 6.08. The molecule has 0 aliphatic carbocycles. The van der Waals surface area contributed by atoms with E-state index in [9.17, 15) is 4.79 Å². The normalized spacial score (nSPS) is 10.2. The van der Waals surface area contributed by atoms with Crippen LogP contribution in [0.2, 0.25) is 5.02 Å². The number of hydrogen-bond donors (Lipinski definition) is 1. The quantitative estimate of drug-likeness (QED) is 0.851. The van der Waals surface area contributed by atoms with Crippen LogP contribution in [0.4, 0.5) is 5.69 Å². The van der Waals surface area contributed by atoms with Crippen LogP contribution >= 0.6 is 11.6 Å². The van der Waals surface area contributed by atoms with Crippen LogP contribution in [-0.4, -0.2) is 23.4 Å². The van der Waals surface area contributed by atoms with Gasteiger partial charge in [-0.05, 0) is 32.0 Å². The van der Waals surface area contributed by atoms with E-state index in [0.717, 1.165) is 0 Å². The van der Waals surface area contributed by atoms with Gasteiger partial charge in [0.05, 0.1) is 18.1 Å². The summed E-state index contributed by atoms with van der Waals surface area (Å²) in [7, 11) is 0. The fourth-order valence-corrected chi connectivity index (χ4v) is 1.83. The number of amides is 1. The predicted molar refractivity (Wildman–Crippen MR) is 72.3 cm³/mol. The van der Waals surface area contributed by atoms with Crippen LogP contribution < -0.4 is 5.73 Å². The topological polar surface area (TPSA) is 70.1 Å². The summed E-state index contributed by atoms with van der Waals surface area (Å²) >= 11 is 5.80. The van der Waals surface area contributed by atoms with Gasteiger partial charge in [0.2, 0.25) is 0 Å². The molecule has 2 N–H and O–H groups in total. The van der Waals surface area contributed by atoms with E-state index >= 15 is 0 Å². The Kier molecular flexibility index (Phi) is 4.99. The number of hydrogen-bond acceptors (Lipinski definition) is 3. The van der Waals surface area contributed by atoms with Crippen molar-refractivity contribution in [2.24, 2.45) is 0 Å². The number of benzene rings is 1. The summed E-state index contributed by atoms with van der Waals surface area (Å²) in [6.45, 7) is 4.21. The molecule has 1 aromatic rings. The summed E-state index contributed by atoms with van der Waals surface area (Å²) in [6, 6.07) is 6.85. The standard InChI is InChI=1S/C13H16ClN3O/c1-9(2)17(7-3-6-15)13(18)11-5-4-10(14)8-12(11)16/h4-5,8-9H,3,7,16H2,1-2H3. The molecule has 1 amide bonds. The Morgan fingerprint density at radius 2 is 2.22 bits per heavy atom. The molecule has 0 aliphatic heterocycles. The van der Waals surface area contributed by atoms with Crippen molar-refractivity contribution < 1.29 is 4.79 Å². The Hall–Kier alpha value is -1.73. The Bertz CT molecular complexity index is 480. The number of carbonyl (C=O) groups is 1. The molecule has 18 heavy (non-hydrogen) atoms. The number of nitrogen functional groups attached to an aromatic ring is 1. The summed E-state index contributed by atoms with van der Waals surface area (Å²) in [5, 5.41) is 9.11. The van der Waals surface area contributed by atoms with Crippen LogP contribution in [-0.2, 0) is 0 Å². The Morgan fingerprint density at radius 1 is 1.56 bits per heavy atom. The number of rotatable bonds is 4. The summed E-state index contributed by atoms with van der Waals surface area (Å²) in [5.41, 5.74) is 6.57. The van der Waals surface area contributed by atoms with Crippen molar-refractivity contribution in [2.45, 2.75) is 26.3 Å². The molecule has 0 atom stereocenters. The number of nitrogens with zero attached hydrogens (tertiary/aromatic N) is 2. The van der Waals surface area contributed by atoms with Crippen molar-refractivity contribution in [1.82, 2.24) is 4.90 Å². The number of carbonyl (C=O) groups excluding carboxylic acids is 1. The number of anilines is 1. The molecule has 0 heterocycles. The van der Waals surface area contributed by atoms with Crippen molar-refractivity contribution in [3.8, 4) is 6.07 Å². The Balaban J connectivity index is 2.99. The highest BCUT2D eigenvalue weighted by atomic mass is 35.5. The van der Waals surface area contributed by atoms with Crippen LogP contribution in [0.15, 0.2) is 18.2 Å². The minimum Gasteiger partial charge on any atom is -0.398 e. The largest absolute Gasteiger partial charge is 0.398 e. The van der Waals surface area contributed by atoms with Gasteiger partial charge in [-0.2, -0.15) is 5.26 Å². The third-order valence-corrected chi connectivity index (χ3v) is 2.83. The van der Waals surface area contributed by atoms with Crippen molar-refractivity contribution in [3.05, 3.63) is 28.8 Å². The minimum atomic E-state index is -0.172. The molecule has 1 rings (SSSR count). The van der Waals surface area contributed by atoms with Gasteiger partial charge in [0.15, 0.2) is 0 Å². The molecule has 5 heteroatoms. The number of nitrogens with two attached hydrogens (primary N) is 1. The van der Waals surface area contributed by atoms with Crippen molar-refractivity contribution in [3.63, 3.8) is 0 Å². The highest BCUT2D eigenvalue weighted by Gasteiger charge is 2.20. The highest BCUT2D eigenvalue weighted by molar-refractivity contribution is 6.31. The maximum Gasteiger partial charge on any atom is 0.256 e. The second-order valence-corrected chi connectivity index (χ2v) is 4.67. The van der Waals surface area contributed by atoms with Gasteiger partial charge < -0.3 is 10.6 Å². The van der Waals surface area contributed by atoms with Crippen molar-refractivity contribution in [1.29, 1.82) is 5.26 Å². The first kappa shape index (κ1) is 14.3. The van der Waals surface area contributed by atoms with Gasteiger partial charge in [0.25, 0.3) is 5.91 Å². The fraction of sp³-hybridized carbons (Fsp3) is 0.385. The van der Waals surface area contributed by atoms with E-state index in [0.29, 0.717) is 29.2 Å². The van der Waals surface area contributed by atoms with Crippen LogP contribution in [0.5, 0.6) is 0 Å². The Labute approximate surface area is 112 Å². The van der Waals surface area contributed by atoms with Gasteiger partial charge in [-0.15, -0.1) is 0 Å². The second kappa shape index (κ2) is 6.27. The molecule has 96 valence electrons. The smallest absolute Gasteiger partial charge is 0.256 e. The van der Waals surface area contributed by atoms with E-state index < -0.39 is 0 Å². The maximum atomic E-state index is 12.3. The summed E-state index contributed by atoms with van der Waals surface area (Å²) < 4.78 is 0. The molecule has 0 saturated carbocycles. The first-order valence-electron chi connectivity index (χ1n) is 5.70. The molecule has 0 aliphatic rings. The third kappa shape index (κ3) is 3.38. The molecule has 0 spiro atoms. The van der Waals surface area contributed by atoms with E-state index in [-0.39, 0.29) is 11.9 Å². The molecule has 0 aromatic heterocycles. The van der Waals surface area contributed by atoms with Crippen molar-refractivity contribution in [2.75, 3.05) is 12.3 Å². The molecule has 0 radical (unpaired) electrons. The van der Waals surface area contributed by atoms with Crippen LogP contribution in [0.1, 0.15) is 30.6 Å². The Morgan fingerprint density at radius 3 is 2.72 bits per heavy atom. The summed E-state index contributed by atoms with van der Waals surface area (Å²) in [5.74, 6) is -0.172. The van der Waals surface area contributed by atoms with Gasteiger partial charge in [0, 0.05) is 23.3 Å². The molecule has 0 fully saturated rings. The van der Waals surface area contributed by atoms with Crippen molar-refractivity contribution >= 4 is 23.2 Å². The lowest BCUT2D eigenvalue weighted by Crippen LogP contribution is -2.38. The lowest BCUT2D eigenvalue weighted by Gasteiger charge is -2.26. The molecule has 0 unspecified atom stereocenters. The van der Waals surface area contributed by atoms with Crippen LogP contribution in [0.25, 0.3) is 0 Å². The van der Waals surface area contributed by atoms with Crippen LogP contribution in [0, 0.1) is 11.3 Å². The average molecular weight is 266 g/mol. The molecule has 4 nitrogen and oxygen atoms in total. The monoisotopic (exact) mass is 265 g/mol. The first-order chi connectivity index (χ1) is 8.47. The lowest BCUT2D eigenvalue weighted by molar-refractivity contribution is 0.0711. The predicted octanol–water partition coefficient (Wildman–Crippen LogP) is 2.69. The number of halogens is 1. The average Bonchev–Trinajstić information content (AvgIpc) is 2.28. The van der Waals surface area contributed by atoms with Gasteiger partial charge in [-0.25, -0.2) is 0 Å². The van der Waals surface area contributed by atoms with Gasteiger partial charge in [-0.3, -0.25) is 4.79 Å². The molecule has 0 saturated heterocycles. The summed E-state index contributed by atoms with van der Waals surface area (Å²) in [4.78, 5) is 13.9. The van der Waals surface area contributed by atoms with E-state index in [4.69, 9.17) is 22.6 Å². The fourth-order valence-electron chi connectivity index (χ4n) is 1.65. The van der Waals surface area contributed by atoms with Gasteiger partial charge in [-0.1, -0.05) is 11.6 Å². The summed E-state index contributed by atoms with van der Waals surface area (Å²) in [6.07, 6.45) is 0.303. The zero-order valence-electron chi connectivity index (χ0n) is 10.5. The van der Waals surface area contributed by atoms with E-state index in [1.165, 1.54) is 0 Å². The highest BCUT2D eigenvalue weighted by Crippen LogP contribution is 2.20. The molecular formula is C13H16ClN3O. The maximum absolute atomic E-state index is 12.3. The lowest BCUT2D eigenvalue weighted by atomic mass is 10.1. The number of nitriles is 1. The van der Waals surface area contributed by atoms with E-state index in [2.05, 4.69) is 0 Å². The zero-order valence-corrected chi connectivity index (χ0v) is 11.2. The SMILES string of the molecule is CC(C)N(CCC#N)C(=O)c1ccc(Cl)cc1N. The zero-order chi connectivity index (χ0) is 13.7. The van der Waals surface area contributed by atoms with Gasteiger partial charge in [0.1, 0.15) is 0 Å². The molecule has 1 aromatic carbocycles. The molecule has 0 bridgehead atoms. The van der Waals surface area contributed by atoms with E-state index in [1.807, 2.05) is 19.9 Å². The second-order valence-electron chi connectivity index (χ2n) is 4.23. The van der Waals surface area contributed by atoms with Gasteiger partial charge >= 0.3 is 0 Å². The molecular weight excluding hydrogens is 250 g/mol. The van der Waals surface area contributed by atoms with E-state index in [1.54, 1.807) is 23.1 Å². The third-order valence-electron chi connectivity index (χ3n) is 2.59. The minimum absolute atomic E-state index is 0.0147. The van der Waals surface area contributed by atoms with Crippen LogP contribution in [0.3, 0.4) is 0 Å².